The van der Waals surface area contributed by atoms with E-state index in [1.165, 1.54) is 0 Å². The van der Waals surface area contributed by atoms with Gasteiger partial charge >= 0.3 is 0 Å². The number of carbonyl (C=O) groups excluding carboxylic acids is 1. The van der Waals surface area contributed by atoms with Crippen LogP contribution in [-0.4, -0.2) is 13.0 Å². The normalized spacial score (nSPS) is 10.2. The van der Waals surface area contributed by atoms with E-state index >= 15 is 0 Å². The zero-order chi connectivity index (χ0) is 14.5. The first-order valence-electron chi connectivity index (χ1n) is 6.27. The maximum Gasteiger partial charge on any atom is 0.251 e. The van der Waals surface area contributed by atoms with Crippen LogP contribution in [0.2, 0.25) is 0 Å². The highest BCUT2D eigenvalue weighted by molar-refractivity contribution is 9.10. The average molecular weight is 334 g/mol. The molecule has 0 aromatic heterocycles. The lowest BCUT2D eigenvalue weighted by Gasteiger charge is -2.07. The molecule has 0 aliphatic rings. The molecule has 0 spiro atoms. The Kier molecular flexibility index (Phi) is 4.79. The number of aryl methyl sites for hydroxylation is 1. The van der Waals surface area contributed by atoms with Gasteiger partial charge in [0.2, 0.25) is 0 Å². The molecule has 0 aliphatic heterocycles. The molecule has 0 fully saturated rings. The fourth-order valence-electron chi connectivity index (χ4n) is 1.81. The Balaban J connectivity index is 1.98. The summed E-state index contributed by atoms with van der Waals surface area (Å²) >= 11 is 3.42. The Labute approximate surface area is 127 Å². The van der Waals surface area contributed by atoms with Gasteiger partial charge in [0.05, 0.1) is 7.11 Å². The molecule has 0 atom stereocenters. The van der Waals surface area contributed by atoms with E-state index in [9.17, 15) is 4.79 Å². The Morgan fingerprint density at radius 3 is 2.50 bits per heavy atom. The number of ether oxygens (including phenoxy) is 1. The monoisotopic (exact) mass is 333 g/mol. The second-order valence-corrected chi connectivity index (χ2v) is 5.35. The van der Waals surface area contributed by atoms with Gasteiger partial charge in [0.15, 0.2) is 0 Å². The summed E-state index contributed by atoms with van der Waals surface area (Å²) in [6.45, 7) is 2.46. The highest BCUT2D eigenvalue weighted by Crippen LogP contribution is 2.17. The molecule has 2 rings (SSSR count). The molecule has 0 aliphatic carbocycles. The second-order valence-electron chi connectivity index (χ2n) is 4.49. The Hall–Kier alpha value is -1.81. The standard InChI is InChI=1S/C16H16BrNO2/c1-11-9-13(5-8-15(11)17)16(19)18-10-12-3-6-14(20-2)7-4-12/h3-9H,10H2,1-2H3,(H,18,19). The molecule has 3 nitrogen and oxygen atoms in total. The van der Waals surface area contributed by atoms with Crippen molar-refractivity contribution in [1.29, 1.82) is 0 Å². The summed E-state index contributed by atoms with van der Waals surface area (Å²) in [5.74, 6) is 0.736. The number of hydrogen-bond donors (Lipinski definition) is 1. The summed E-state index contributed by atoms with van der Waals surface area (Å²) in [6.07, 6.45) is 0. The Bertz CT molecular complexity index is 608. The number of carbonyl (C=O) groups is 1. The fourth-order valence-corrected chi connectivity index (χ4v) is 2.06. The molecule has 20 heavy (non-hydrogen) atoms. The number of nitrogens with one attached hydrogen (secondary N) is 1. The molecule has 2 aromatic rings. The first-order chi connectivity index (χ1) is 9.60. The van der Waals surface area contributed by atoms with Crippen LogP contribution in [0.5, 0.6) is 5.75 Å². The highest BCUT2D eigenvalue weighted by Gasteiger charge is 2.06. The molecule has 0 unspecified atom stereocenters. The van der Waals surface area contributed by atoms with Crippen LogP contribution >= 0.6 is 15.9 Å². The molecule has 0 heterocycles. The van der Waals surface area contributed by atoms with Gasteiger partial charge in [0.25, 0.3) is 5.91 Å². The number of methoxy groups -OCH3 is 1. The van der Waals surface area contributed by atoms with Gasteiger partial charge in [-0.25, -0.2) is 0 Å². The van der Waals surface area contributed by atoms with Crippen molar-refractivity contribution in [3.05, 3.63) is 63.6 Å². The zero-order valence-electron chi connectivity index (χ0n) is 11.4. The van der Waals surface area contributed by atoms with Gasteiger partial charge in [-0.1, -0.05) is 28.1 Å². The van der Waals surface area contributed by atoms with E-state index in [0.717, 1.165) is 21.3 Å². The third-order valence-corrected chi connectivity index (χ3v) is 3.92. The van der Waals surface area contributed by atoms with Crippen molar-refractivity contribution >= 4 is 21.8 Å². The molecule has 0 radical (unpaired) electrons. The average Bonchev–Trinajstić information content (AvgIpc) is 2.48. The first-order valence-corrected chi connectivity index (χ1v) is 7.06. The van der Waals surface area contributed by atoms with Crippen LogP contribution in [0.3, 0.4) is 0 Å². The SMILES string of the molecule is COc1ccc(CNC(=O)c2ccc(Br)c(C)c2)cc1. The van der Waals surface area contributed by atoms with Gasteiger partial charge in [-0.15, -0.1) is 0 Å². The molecule has 104 valence electrons. The van der Waals surface area contributed by atoms with Crippen molar-refractivity contribution in [2.75, 3.05) is 7.11 Å². The molecule has 0 saturated heterocycles. The quantitative estimate of drug-likeness (QED) is 0.926. The van der Waals surface area contributed by atoms with Gasteiger partial charge in [-0.05, 0) is 48.4 Å². The molecule has 4 heteroatoms. The lowest BCUT2D eigenvalue weighted by Crippen LogP contribution is -2.22. The molecule has 1 N–H and O–H groups in total. The summed E-state index contributed by atoms with van der Waals surface area (Å²) < 4.78 is 6.10. The van der Waals surface area contributed by atoms with Crippen LogP contribution in [0, 0.1) is 6.92 Å². The lowest BCUT2D eigenvalue weighted by atomic mass is 10.1. The van der Waals surface area contributed by atoms with E-state index in [0.29, 0.717) is 12.1 Å². The summed E-state index contributed by atoms with van der Waals surface area (Å²) in [6, 6.07) is 13.2. The van der Waals surface area contributed by atoms with Gasteiger partial charge in [0.1, 0.15) is 5.75 Å². The predicted octanol–water partition coefficient (Wildman–Crippen LogP) is 3.70. The number of rotatable bonds is 4. The number of hydrogen-bond acceptors (Lipinski definition) is 2. The fraction of sp³-hybridized carbons (Fsp3) is 0.188. The third-order valence-electron chi connectivity index (χ3n) is 3.03. The molecule has 2 aromatic carbocycles. The minimum absolute atomic E-state index is 0.0728. The van der Waals surface area contributed by atoms with Crippen molar-refractivity contribution < 1.29 is 9.53 Å². The minimum atomic E-state index is -0.0728. The van der Waals surface area contributed by atoms with Crippen LogP contribution in [-0.2, 0) is 6.54 Å². The first kappa shape index (κ1) is 14.6. The van der Waals surface area contributed by atoms with E-state index in [1.54, 1.807) is 13.2 Å². The second kappa shape index (κ2) is 6.57. The molecule has 1 amide bonds. The summed E-state index contributed by atoms with van der Waals surface area (Å²) in [7, 11) is 1.63. The van der Waals surface area contributed by atoms with E-state index < -0.39 is 0 Å². The summed E-state index contributed by atoms with van der Waals surface area (Å²) in [5, 5.41) is 2.90. The minimum Gasteiger partial charge on any atom is -0.497 e. The van der Waals surface area contributed by atoms with Crippen LogP contribution in [0.25, 0.3) is 0 Å². The van der Waals surface area contributed by atoms with Gasteiger partial charge < -0.3 is 10.1 Å². The highest BCUT2D eigenvalue weighted by atomic mass is 79.9. The van der Waals surface area contributed by atoms with Gasteiger partial charge in [-0.2, -0.15) is 0 Å². The largest absolute Gasteiger partial charge is 0.497 e. The van der Waals surface area contributed by atoms with Crippen LogP contribution in [0.15, 0.2) is 46.9 Å². The predicted molar refractivity (Wildman–Crippen MR) is 83.0 cm³/mol. The zero-order valence-corrected chi connectivity index (χ0v) is 13.0. The van der Waals surface area contributed by atoms with Crippen molar-refractivity contribution in [2.45, 2.75) is 13.5 Å². The maximum absolute atomic E-state index is 12.1. The van der Waals surface area contributed by atoms with Crippen molar-refractivity contribution in [1.82, 2.24) is 5.32 Å². The van der Waals surface area contributed by atoms with E-state index in [-0.39, 0.29) is 5.91 Å². The Morgan fingerprint density at radius 2 is 1.90 bits per heavy atom. The summed E-state index contributed by atoms with van der Waals surface area (Å²) in [5.41, 5.74) is 2.74. The van der Waals surface area contributed by atoms with E-state index in [4.69, 9.17) is 4.74 Å². The number of amides is 1. The van der Waals surface area contributed by atoms with E-state index in [1.807, 2.05) is 43.3 Å². The lowest BCUT2D eigenvalue weighted by molar-refractivity contribution is 0.0951. The van der Waals surface area contributed by atoms with Gasteiger partial charge in [0, 0.05) is 16.6 Å². The van der Waals surface area contributed by atoms with Crippen molar-refractivity contribution in [2.24, 2.45) is 0 Å². The molecular weight excluding hydrogens is 318 g/mol. The van der Waals surface area contributed by atoms with Crippen molar-refractivity contribution in [3.63, 3.8) is 0 Å². The van der Waals surface area contributed by atoms with Crippen molar-refractivity contribution in [3.8, 4) is 5.75 Å². The van der Waals surface area contributed by atoms with Crippen LogP contribution in [0.4, 0.5) is 0 Å². The van der Waals surface area contributed by atoms with Gasteiger partial charge in [-0.3, -0.25) is 4.79 Å². The molecule has 0 saturated carbocycles. The number of halogens is 1. The smallest absolute Gasteiger partial charge is 0.251 e. The van der Waals surface area contributed by atoms with E-state index in [2.05, 4.69) is 21.2 Å². The van der Waals surface area contributed by atoms with Crippen LogP contribution < -0.4 is 10.1 Å². The molecular formula is C16H16BrNO2. The molecule has 0 bridgehead atoms. The topological polar surface area (TPSA) is 38.3 Å². The Morgan fingerprint density at radius 1 is 1.20 bits per heavy atom. The number of benzene rings is 2. The van der Waals surface area contributed by atoms with Crippen LogP contribution in [0.1, 0.15) is 21.5 Å². The summed E-state index contributed by atoms with van der Waals surface area (Å²) in [4.78, 5) is 12.1. The maximum atomic E-state index is 12.1. The third kappa shape index (κ3) is 3.61.